The molecule has 134 valence electrons. The second-order valence-corrected chi connectivity index (χ2v) is 6.20. The van der Waals surface area contributed by atoms with Crippen LogP contribution in [0.15, 0.2) is 35.2 Å². The fourth-order valence-electron chi connectivity index (χ4n) is 2.94. The van der Waals surface area contributed by atoms with Gasteiger partial charge in [-0.3, -0.25) is 9.78 Å². The molecule has 9 heteroatoms. The number of aromatic nitrogens is 5. The molecule has 0 bridgehead atoms. The molecule has 4 rings (SSSR count). The van der Waals surface area contributed by atoms with Gasteiger partial charge in [0.1, 0.15) is 17.0 Å². The fourth-order valence-corrected chi connectivity index (χ4v) is 2.94. The maximum absolute atomic E-state index is 12.2. The average molecular weight is 354 g/mol. The first-order chi connectivity index (χ1) is 12.7. The van der Waals surface area contributed by atoms with Gasteiger partial charge < -0.3 is 14.6 Å². The van der Waals surface area contributed by atoms with Crippen molar-refractivity contribution >= 4 is 5.91 Å². The van der Waals surface area contributed by atoms with E-state index in [1.165, 1.54) is 6.20 Å². The number of ether oxygens (including phenoxy) is 1. The lowest BCUT2D eigenvalue weighted by atomic mass is 10.1. The Morgan fingerprint density at radius 2 is 2.35 bits per heavy atom. The third-order valence-corrected chi connectivity index (χ3v) is 4.34. The minimum Gasteiger partial charge on any atom is -0.375 e. The molecule has 1 aliphatic heterocycles. The van der Waals surface area contributed by atoms with E-state index in [9.17, 15) is 4.79 Å². The van der Waals surface area contributed by atoms with E-state index in [0.717, 1.165) is 17.0 Å². The van der Waals surface area contributed by atoms with Crippen LogP contribution in [0.2, 0.25) is 0 Å². The molecule has 1 atom stereocenters. The molecule has 4 heterocycles. The number of nitrogens with one attached hydrogen (secondary N) is 1. The van der Waals surface area contributed by atoms with Crippen molar-refractivity contribution in [1.82, 2.24) is 30.5 Å². The number of amides is 1. The number of nitrogens with zero attached hydrogens (tertiary/aromatic N) is 5. The Hall–Kier alpha value is -3.07. The van der Waals surface area contributed by atoms with E-state index in [2.05, 4.69) is 25.8 Å². The lowest BCUT2D eigenvalue weighted by molar-refractivity contribution is 0.0851. The molecule has 26 heavy (non-hydrogen) atoms. The molecule has 3 aromatic rings. The van der Waals surface area contributed by atoms with E-state index in [-0.39, 0.29) is 11.8 Å². The Labute approximate surface area is 149 Å². The standard InChI is InChI=1S/C17H18N6O3/c1-11-14(7-20-26-11)17(24)19-5-12-8-23-15(10-25-9-12)16(21-22-23)13-3-2-4-18-6-13/h2-4,6-7,12H,5,8-10H2,1H3,(H,19,24). The van der Waals surface area contributed by atoms with Crippen LogP contribution in [0.25, 0.3) is 11.3 Å². The van der Waals surface area contributed by atoms with E-state index in [1.807, 2.05) is 16.8 Å². The molecule has 0 radical (unpaired) electrons. The van der Waals surface area contributed by atoms with E-state index < -0.39 is 0 Å². The molecule has 3 aromatic heterocycles. The van der Waals surface area contributed by atoms with Crippen LogP contribution in [-0.4, -0.2) is 44.2 Å². The number of fused-ring (bicyclic) bond motifs is 1. The molecule has 9 nitrogen and oxygen atoms in total. The van der Waals surface area contributed by atoms with E-state index in [0.29, 0.717) is 37.6 Å². The van der Waals surface area contributed by atoms with Crippen molar-refractivity contribution in [2.45, 2.75) is 20.1 Å². The summed E-state index contributed by atoms with van der Waals surface area (Å²) in [6, 6.07) is 3.81. The maximum atomic E-state index is 12.2. The van der Waals surface area contributed by atoms with Crippen LogP contribution in [0.3, 0.4) is 0 Å². The van der Waals surface area contributed by atoms with Crippen molar-refractivity contribution in [1.29, 1.82) is 0 Å². The molecule has 0 spiro atoms. The summed E-state index contributed by atoms with van der Waals surface area (Å²) in [6.07, 6.45) is 4.90. The van der Waals surface area contributed by atoms with Gasteiger partial charge in [-0.1, -0.05) is 10.4 Å². The Bertz CT molecular complexity index is 904. The summed E-state index contributed by atoms with van der Waals surface area (Å²) in [6.45, 7) is 3.74. The molecule has 0 aliphatic carbocycles. The van der Waals surface area contributed by atoms with Gasteiger partial charge in [0.2, 0.25) is 0 Å². The highest BCUT2D eigenvalue weighted by molar-refractivity contribution is 5.94. The molecule has 1 unspecified atom stereocenters. The van der Waals surface area contributed by atoms with Crippen LogP contribution >= 0.6 is 0 Å². The highest BCUT2D eigenvalue weighted by Gasteiger charge is 2.23. The van der Waals surface area contributed by atoms with Gasteiger partial charge in [0.25, 0.3) is 5.91 Å². The van der Waals surface area contributed by atoms with Crippen molar-refractivity contribution < 1.29 is 14.1 Å². The number of hydrogen-bond donors (Lipinski definition) is 1. The van der Waals surface area contributed by atoms with Gasteiger partial charge in [0.05, 0.1) is 25.1 Å². The smallest absolute Gasteiger partial charge is 0.256 e. The zero-order valence-corrected chi connectivity index (χ0v) is 14.3. The van der Waals surface area contributed by atoms with Gasteiger partial charge >= 0.3 is 0 Å². The van der Waals surface area contributed by atoms with Gasteiger partial charge in [-0.2, -0.15) is 0 Å². The van der Waals surface area contributed by atoms with Gasteiger partial charge in [0.15, 0.2) is 0 Å². The zero-order chi connectivity index (χ0) is 17.9. The van der Waals surface area contributed by atoms with Crippen LogP contribution < -0.4 is 5.32 Å². The second-order valence-electron chi connectivity index (χ2n) is 6.20. The second kappa shape index (κ2) is 7.04. The summed E-state index contributed by atoms with van der Waals surface area (Å²) in [7, 11) is 0. The first-order valence-corrected chi connectivity index (χ1v) is 8.32. The molecule has 1 aliphatic rings. The van der Waals surface area contributed by atoms with Crippen LogP contribution in [0.4, 0.5) is 0 Å². The Balaban J connectivity index is 1.45. The maximum Gasteiger partial charge on any atom is 0.256 e. The summed E-state index contributed by atoms with van der Waals surface area (Å²) in [5.41, 5.74) is 3.05. The summed E-state index contributed by atoms with van der Waals surface area (Å²) < 4.78 is 12.6. The molecule has 0 saturated carbocycles. The van der Waals surface area contributed by atoms with Crippen LogP contribution in [0.1, 0.15) is 21.8 Å². The van der Waals surface area contributed by atoms with Crippen molar-refractivity contribution in [3.63, 3.8) is 0 Å². The number of pyridine rings is 1. The zero-order valence-electron chi connectivity index (χ0n) is 14.3. The normalized spacial score (nSPS) is 16.7. The van der Waals surface area contributed by atoms with Crippen molar-refractivity contribution in [2.75, 3.05) is 13.2 Å². The highest BCUT2D eigenvalue weighted by Crippen LogP contribution is 2.23. The minimum absolute atomic E-state index is 0.0869. The van der Waals surface area contributed by atoms with E-state index in [4.69, 9.17) is 9.26 Å². The minimum atomic E-state index is -0.206. The summed E-state index contributed by atoms with van der Waals surface area (Å²) >= 11 is 0. The SMILES string of the molecule is Cc1oncc1C(=O)NCC1COCc2c(-c3cccnc3)nnn2C1. The molecule has 1 amide bonds. The number of hydrogen-bond acceptors (Lipinski definition) is 7. The number of aryl methyl sites for hydroxylation is 1. The Morgan fingerprint density at radius 3 is 3.12 bits per heavy atom. The summed E-state index contributed by atoms with van der Waals surface area (Å²) in [5.74, 6) is 0.381. The quantitative estimate of drug-likeness (QED) is 0.750. The van der Waals surface area contributed by atoms with Gasteiger partial charge in [-0.15, -0.1) is 5.10 Å². The topological polar surface area (TPSA) is 108 Å². The molecule has 1 N–H and O–H groups in total. The van der Waals surface area contributed by atoms with Crippen molar-refractivity contribution in [3.8, 4) is 11.3 Å². The number of rotatable bonds is 4. The third-order valence-electron chi connectivity index (χ3n) is 4.34. The first kappa shape index (κ1) is 16.4. The highest BCUT2D eigenvalue weighted by atomic mass is 16.5. The predicted octanol–water partition coefficient (Wildman–Crippen LogP) is 1.21. The third kappa shape index (κ3) is 3.21. The molecular formula is C17H18N6O3. The number of carbonyl (C=O) groups excluding carboxylic acids is 1. The van der Waals surface area contributed by atoms with Crippen LogP contribution in [0.5, 0.6) is 0 Å². The molecule has 0 saturated heterocycles. The van der Waals surface area contributed by atoms with Crippen molar-refractivity contribution in [2.24, 2.45) is 5.92 Å². The molecule has 0 aromatic carbocycles. The average Bonchev–Trinajstić information content (AvgIpc) is 3.21. The number of carbonyl (C=O) groups is 1. The predicted molar refractivity (Wildman–Crippen MR) is 90.0 cm³/mol. The first-order valence-electron chi connectivity index (χ1n) is 8.32. The van der Waals surface area contributed by atoms with Gasteiger partial charge in [0, 0.05) is 37.0 Å². The van der Waals surface area contributed by atoms with Crippen LogP contribution in [0, 0.1) is 12.8 Å². The van der Waals surface area contributed by atoms with E-state index in [1.54, 1.807) is 19.3 Å². The lowest BCUT2D eigenvalue weighted by Gasteiger charge is -2.14. The monoisotopic (exact) mass is 354 g/mol. The summed E-state index contributed by atoms with van der Waals surface area (Å²) in [5, 5.41) is 15.1. The fraction of sp³-hybridized carbons (Fsp3) is 0.353. The molecule has 0 fully saturated rings. The summed E-state index contributed by atoms with van der Waals surface area (Å²) in [4.78, 5) is 16.3. The largest absolute Gasteiger partial charge is 0.375 e. The van der Waals surface area contributed by atoms with Crippen LogP contribution in [-0.2, 0) is 17.9 Å². The molecular weight excluding hydrogens is 336 g/mol. The Kier molecular flexibility index (Phi) is 4.44. The lowest BCUT2D eigenvalue weighted by Crippen LogP contribution is -2.33. The van der Waals surface area contributed by atoms with Crippen molar-refractivity contribution in [3.05, 3.63) is 47.7 Å². The van der Waals surface area contributed by atoms with Gasteiger partial charge in [-0.05, 0) is 19.1 Å². The Morgan fingerprint density at radius 1 is 1.42 bits per heavy atom. The van der Waals surface area contributed by atoms with Gasteiger partial charge in [-0.25, -0.2) is 4.68 Å². The van der Waals surface area contributed by atoms with E-state index >= 15 is 0 Å².